The van der Waals surface area contributed by atoms with Gasteiger partial charge in [0.15, 0.2) is 0 Å². The first-order chi connectivity index (χ1) is 8.18. The number of rotatable bonds is 5. The summed E-state index contributed by atoms with van der Waals surface area (Å²) in [4.78, 5) is -1.09. The molecule has 0 aromatic heterocycles. The normalized spacial score (nSPS) is 12.6. The molecule has 0 saturated heterocycles. The summed E-state index contributed by atoms with van der Waals surface area (Å²) in [5.74, 6) is -1.16. The van der Waals surface area contributed by atoms with Crippen LogP contribution in [0.5, 0.6) is 0 Å². The molecule has 0 aliphatic carbocycles. The number of halogens is 1. The maximum Gasteiger partial charge on any atom is 0.243 e. The Hall–Kier alpha value is -1.03. The first-order valence-corrected chi connectivity index (χ1v) is 8.03. The van der Waals surface area contributed by atoms with Crippen LogP contribution in [-0.4, -0.2) is 23.4 Å². The molecule has 0 saturated carbocycles. The van der Waals surface area contributed by atoms with Gasteiger partial charge in [0, 0.05) is 6.54 Å². The minimum absolute atomic E-state index is 0.165. The van der Waals surface area contributed by atoms with Gasteiger partial charge >= 0.3 is 0 Å². The first kappa shape index (κ1) is 15.0. The summed E-state index contributed by atoms with van der Waals surface area (Å²) in [7, 11) is -8.04. The Balaban J connectivity index is 3.22. The Bertz CT molecular complexity index is 641. The summed E-state index contributed by atoms with van der Waals surface area (Å²) < 4.78 is 61.0. The summed E-state index contributed by atoms with van der Waals surface area (Å²) in [6.45, 7) is 1.92. The number of hydrogen-bond acceptors (Lipinski definition) is 4. The van der Waals surface area contributed by atoms with E-state index < -0.39 is 35.7 Å². The molecule has 0 aliphatic heterocycles. The summed E-state index contributed by atoms with van der Waals surface area (Å²) in [5.41, 5.74) is 0. The van der Waals surface area contributed by atoms with Crippen molar-refractivity contribution >= 4 is 20.0 Å². The van der Waals surface area contributed by atoms with Crippen molar-refractivity contribution in [1.29, 1.82) is 0 Å². The fourth-order valence-corrected chi connectivity index (χ4v) is 2.91. The van der Waals surface area contributed by atoms with Gasteiger partial charge in [0.1, 0.15) is 10.7 Å². The van der Waals surface area contributed by atoms with E-state index in [-0.39, 0.29) is 6.54 Å². The molecule has 0 bridgehead atoms. The monoisotopic (exact) mass is 296 g/mol. The lowest BCUT2D eigenvalue weighted by molar-refractivity contribution is 0.552. The van der Waals surface area contributed by atoms with Crippen molar-refractivity contribution in [2.45, 2.75) is 23.1 Å². The predicted octanol–water partition coefficient (Wildman–Crippen LogP) is 0.161. The SMILES string of the molecule is CCCNS(=O)(=O)c1ccc(S(N)(=O)=O)cc1F. The summed E-state index contributed by atoms with van der Waals surface area (Å²) >= 11 is 0. The van der Waals surface area contributed by atoms with Gasteiger partial charge in [-0.1, -0.05) is 6.92 Å². The highest BCUT2D eigenvalue weighted by molar-refractivity contribution is 7.89. The Kier molecular flexibility index (Phi) is 4.43. The van der Waals surface area contributed by atoms with Crippen LogP contribution in [0.1, 0.15) is 13.3 Å². The Labute approximate surface area is 105 Å². The van der Waals surface area contributed by atoms with Gasteiger partial charge in [0.05, 0.1) is 4.90 Å². The summed E-state index contributed by atoms with van der Waals surface area (Å²) in [6.07, 6.45) is 0.552. The molecule has 18 heavy (non-hydrogen) atoms. The van der Waals surface area contributed by atoms with E-state index in [4.69, 9.17) is 5.14 Å². The van der Waals surface area contributed by atoms with Gasteiger partial charge in [-0.05, 0) is 24.6 Å². The molecule has 6 nitrogen and oxygen atoms in total. The topological polar surface area (TPSA) is 106 Å². The molecule has 0 aliphatic rings. The molecule has 0 atom stereocenters. The van der Waals surface area contributed by atoms with Crippen molar-refractivity contribution in [3.63, 3.8) is 0 Å². The van der Waals surface area contributed by atoms with Crippen molar-refractivity contribution in [1.82, 2.24) is 4.72 Å². The second kappa shape index (κ2) is 5.31. The standard InChI is InChI=1S/C9H13FN2O4S2/c1-2-5-12-18(15,16)9-4-3-7(6-8(9)10)17(11,13)14/h3-4,6,12H,2,5H2,1H3,(H2,11,13,14). The number of nitrogens with one attached hydrogen (secondary N) is 1. The summed E-state index contributed by atoms with van der Waals surface area (Å²) in [5, 5.41) is 4.81. The van der Waals surface area contributed by atoms with Crippen LogP contribution in [0.25, 0.3) is 0 Å². The molecule has 0 fully saturated rings. The second-order valence-electron chi connectivity index (χ2n) is 3.54. The van der Waals surface area contributed by atoms with Crippen molar-refractivity contribution in [2.75, 3.05) is 6.54 Å². The van der Waals surface area contributed by atoms with Crippen LogP contribution in [0.4, 0.5) is 4.39 Å². The predicted molar refractivity (Wildman–Crippen MR) is 63.3 cm³/mol. The van der Waals surface area contributed by atoms with Crippen LogP contribution >= 0.6 is 0 Å². The minimum Gasteiger partial charge on any atom is -0.225 e. The number of sulfonamides is 2. The molecule has 102 valence electrons. The van der Waals surface area contributed by atoms with Gasteiger partial charge in [0.25, 0.3) is 0 Å². The molecular formula is C9H13FN2O4S2. The van der Waals surface area contributed by atoms with Gasteiger partial charge in [0.2, 0.25) is 20.0 Å². The van der Waals surface area contributed by atoms with E-state index in [0.29, 0.717) is 12.5 Å². The third kappa shape index (κ3) is 3.48. The zero-order valence-corrected chi connectivity index (χ0v) is 11.2. The lowest BCUT2D eigenvalue weighted by Crippen LogP contribution is -2.25. The van der Waals surface area contributed by atoms with Crippen molar-refractivity contribution < 1.29 is 21.2 Å². The molecule has 0 amide bonds. The highest BCUT2D eigenvalue weighted by Crippen LogP contribution is 2.18. The molecule has 0 heterocycles. The van der Waals surface area contributed by atoms with Gasteiger partial charge in [-0.25, -0.2) is 31.1 Å². The van der Waals surface area contributed by atoms with E-state index in [9.17, 15) is 21.2 Å². The van der Waals surface area contributed by atoms with Crippen molar-refractivity contribution in [3.05, 3.63) is 24.0 Å². The Morgan fingerprint density at radius 3 is 2.33 bits per heavy atom. The first-order valence-electron chi connectivity index (χ1n) is 5.00. The summed E-state index contributed by atoms with van der Waals surface area (Å²) in [6, 6.07) is 2.39. The van der Waals surface area contributed by atoms with Crippen LogP contribution in [0.15, 0.2) is 28.0 Å². The van der Waals surface area contributed by atoms with E-state index in [1.54, 1.807) is 6.92 Å². The molecule has 0 unspecified atom stereocenters. The molecule has 0 spiro atoms. The molecule has 0 radical (unpaired) electrons. The minimum atomic E-state index is -4.06. The molecular weight excluding hydrogens is 283 g/mol. The van der Waals surface area contributed by atoms with Crippen molar-refractivity contribution in [2.24, 2.45) is 5.14 Å². The van der Waals surface area contributed by atoms with E-state index in [2.05, 4.69) is 4.72 Å². The third-order valence-electron chi connectivity index (χ3n) is 2.06. The van der Waals surface area contributed by atoms with Crippen LogP contribution in [-0.2, 0) is 20.0 Å². The number of nitrogens with two attached hydrogens (primary N) is 1. The van der Waals surface area contributed by atoms with Gasteiger partial charge in [-0.15, -0.1) is 0 Å². The fraction of sp³-hybridized carbons (Fsp3) is 0.333. The van der Waals surface area contributed by atoms with E-state index in [1.807, 2.05) is 0 Å². The van der Waals surface area contributed by atoms with Gasteiger partial charge < -0.3 is 0 Å². The quantitative estimate of drug-likeness (QED) is 0.807. The lowest BCUT2D eigenvalue weighted by atomic mass is 10.3. The van der Waals surface area contributed by atoms with E-state index in [0.717, 1.165) is 12.1 Å². The fourth-order valence-electron chi connectivity index (χ4n) is 1.19. The number of hydrogen-bond donors (Lipinski definition) is 2. The largest absolute Gasteiger partial charge is 0.243 e. The van der Waals surface area contributed by atoms with Crippen LogP contribution in [0.3, 0.4) is 0 Å². The Morgan fingerprint density at radius 1 is 1.28 bits per heavy atom. The second-order valence-corrected chi connectivity index (χ2v) is 6.83. The van der Waals surface area contributed by atoms with E-state index in [1.165, 1.54) is 0 Å². The van der Waals surface area contributed by atoms with Crippen LogP contribution < -0.4 is 9.86 Å². The average molecular weight is 296 g/mol. The molecule has 9 heteroatoms. The molecule has 1 aromatic rings. The average Bonchev–Trinajstić information content (AvgIpc) is 2.24. The number of primary sulfonamides is 1. The lowest BCUT2D eigenvalue weighted by Gasteiger charge is -2.07. The zero-order chi connectivity index (χ0) is 14.0. The van der Waals surface area contributed by atoms with Crippen molar-refractivity contribution in [3.8, 4) is 0 Å². The van der Waals surface area contributed by atoms with Crippen LogP contribution in [0, 0.1) is 5.82 Å². The maximum absolute atomic E-state index is 13.6. The smallest absolute Gasteiger partial charge is 0.225 e. The van der Waals surface area contributed by atoms with Gasteiger partial charge in [-0.2, -0.15) is 0 Å². The highest BCUT2D eigenvalue weighted by atomic mass is 32.2. The third-order valence-corrected chi connectivity index (χ3v) is 4.47. The van der Waals surface area contributed by atoms with Crippen LogP contribution in [0.2, 0.25) is 0 Å². The maximum atomic E-state index is 13.6. The molecule has 3 N–H and O–H groups in total. The molecule has 1 rings (SSSR count). The van der Waals surface area contributed by atoms with E-state index >= 15 is 0 Å². The highest BCUT2D eigenvalue weighted by Gasteiger charge is 2.20. The zero-order valence-electron chi connectivity index (χ0n) is 9.55. The Morgan fingerprint density at radius 2 is 1.89 bits per heavy atom. The molecule has 1 aromatic carbocycles. The van der Waals surface area contributed by atoms with Gasteiger partial charge in [-0.3, -0.25) is 0 Å². The number of benzene rings is 1.